The highest BCUT2D eigenvalue weighted by Crippen LogP contribution is 2.19. The minimum absolute atomic E-state index is 0.0906. The molecule has 12 heteroatoms. The summed E-state index contributed by atoms with van der Waals surface area (Å²) < 4.78 is 0. The summed E-state index contributed by atoms with van der Waals surface area (Å²) in [7, 11) is 0. The van der Waals surface area contributed by atoms with Crippen molar-refractivity contribution in [3.63, 3.8) is 0 Å². The first-order valence-electron chi connectivity index (χ1n) is 13.2. The smallest absolute Gasteiger partial charge is 0.243 e. The van der Waals surface area contributed by atoms with Gasteiger partial charge in [-0.3, -0.25) is 24.0 Å². The molecule has 0 bridgehead atoms. The number of phenols is 1. The summed E-state index contributed by atoms with van der Waals surface area (Å²) >= 11 is 0. The zero-order valence-electron chi connectivity index (χ0n) is 23.8. The molecule has 0 saturated carbocycles. The van der Waals surface area contributed by atoms with Gasteiger partial charge in [-0.25, -0.2) is 0 Å². The third-order valence-corrected chi connectivity index (χ3v) is 6.28. The van der Waals surface area contributed by atoms with Gasteiger partial charge in [0.05, 0.1) is 12.6 Å². The van der Waals surface area contributed by atoms with E-state index in [2.05, 4.69) is 21.3 Å². The second kappa shape index (κ2) is 14.8. The van der Waals surface area contributed by atoms with Crippen LogP contribution in [0.2, 0.25) is 0 Å². The molecule has 12 nitrogen and oxygen atoms in total. The Bertz CT molecular complexity index is 1210. The summed E-state index contributed by atoms with van der Waals surface area (Å²) in [5, 5.41) is 19.5. The van der Waals surface area contributed by atoms with Crippen molar-refractivity contribution in [2.45, 2.75) is 64.7 Å². The van der Waals surface area contributed by atoms with Crippen LogP contribution in [0, 0.1) is 5.41 Å². The number of nitrogens with two attached hydrogens (primary N) is 2. The lowest BCUT2D eigenvalue weighted by Gasteiger charge is -2.30. The van der Waals surface area contributed by atoms with Crippen molar-refractivity contribution in [1.29, 1.82) is 0 Å². The van der Waals surface area contributed by atoms with Crippen LogP contribution < -0.4 is 32.7 Å². The van der Waals surface area contributed by atoms with E-state index in [0.717, 1.165) is 11.1 Å². The van der Waals surface area contributed by atoms with Crippen LogP contribution in [0.5, 0.6) is 5.75 Å². The van der Waals surface area contributed by atoms with Crippen LogP contribution in [0.25, 0.3) is 0 Å². The molecule has 9 N–H and O–H groups in total. The third-order valence-electron chi connectivity index (χ3n) is 6.28. The summed E-state index contributed by atoms with van der Waals surface area (Å²) in [4.78, 5) is 62.8. The molecule has 2 aromatic carbocycles. The molecule has 222 valence electrons. The van der Waals surface area contributed by atoms with Crippen molar-refractivity contribution in [3.05, 3.63) is 65.7 Å². The van der Waals surface area contributed by atoms with Gasteiger partial charge in [0.1, 0.15) is 23.9 Å². The van der Waals surface area contributed by atoms with Crippen molar-refractivity contribution in [1.82, 2.24) is 21.3 Å². The molecule has 0 aromatic heterocycles. The van der Waals surface area contributed by atoms with Crippen molar-refractivity contribution < 1.29 is 29.1 Å². The minimum atomic E-state index is -1.05. The third kappa shape index (κ3) is 10.9. The maximum Gasteiger partial charge on any atom is 0.243 e. The van der Waals surface area contributed by atoms with E-state index in [1.807, 2.05) is 6.07 Å². The molecule has 0 aliphatic heterocycles. The number of hydrogen-bond acceptors (Lipinski definition) is 7. The van der Waals surface area contributed by atoms with Crippen molar-refractivity contribution in [3.8, 4) is 5.75 Å². The molecule has 2 aromatic rings. The highest BCUT2D eigenvalue weighted by Gasteiger charge is 2.33. The van der Waals surface area contributed by atoms with Gasteiger partial charge in [0, 0.05) is 6.42 Å². The van der Waals surface area contributed by atoms with E-state index in [4.69, 9.17) is 11.5 Å². The minimum Gasteiger partial charge on any atom is -0.508 e. The molecule has 0 heterocycles. The van der Waals surface area contributed by atoms with Gasteiger partial charge in [0.25, 0.3) is 0 Å². The number of amides is 5. The quantitative estimate of drug-likeness (QED) is 0.170. The summed E-state index contributed by atoms with van der Waals surface area (Å²) in [5.41, 5.74) is 12.3. The first-order valence-corrected chi connectivity index (χ1v) is 13.2. The molecular weight excluding hydrogens is 528 g/mol. The predicted molar refractivity (Wildman–Crippen MR) is 153 cm³/mol. The van der Waals surface area contributed by atoms with E-state index >= 15 is 0 Å². The fraction of sp³-hybridized carbons (Fsp3) is 0.414. The van der Waals surface area contributed by atoms with E-state index in [0.29, 0.717) is 0 Å². The average molecular weight is 569 g/mol. The normalized spacial score (nSPS) is 14.1. The Morgan fingerprint density at radius 2 is 1.39 bits per heavy atom. The molecule has 0 aliphatic rings. The summed E-state index contributed by atoms with van der Waals surface area (Å²) in [6.07, 6.45) is 0.326. The van der Waals surface area contributed by atoms with Gasteiger partial charge >= 0.3 is 0 Å². The number of phenolic OH excluding ortho intramolecular Hbond substituents is 1. The fourth-order valence-electron chi connectivity index (χ4n) is 3.95. The van der Waals surface area contributed by atoms with E-state index in [-0.39, 0.29) is 18.6 Å². The van der Waals surface area contributed by atoms with Crippen LogP contribution in [-0.2, 0) is 36.8 Å². The Kier molecular flexibility index (Phi) is 11.8. The number of nitrogens with one attached hydrogen (secondary N) is 4. The highest BCUT2D eigenvalue weighted by molar-refractivity contribution is 5.94. The topological polar surface area (TPSA) is 206 Å². The number of benzene rings is 2. The molecule has 0 aliphatic carbocycles. The number of carbonyl (C=O) groups excluding carboxylic acids is 5. The molecule has 5 amide bonds. The van der Waals surface area contributed by atoms with Gasteiger partial charge in [-0.15, -0.1) is 0 Å². The van der Waals surface area contributed by atoms with Crippen LogP contribution in [0.3, 0.4) is 0 Å². The van der Waals surface area contributed by atoms with Crippen molar-refractivity contribution in [2.24, 2.45) is 16.9 Å². The molecule has 4 atom stereocenters. The van der Waals surface area contributed by atoms with Crippen LogP contribution in [0.15, 0.2) is 54.6 Å². The Labute approximate surface area is 239 Å². The largest absolute Gasteiger partial charge is 0.508 e. The number of primary amides is 1. The second-order valence-corrected chi connectivity index (χ2v) is 10.9. The first kappa shape index (κ1) is 32.8. The number of carbonyl (C=O) groups is 5. The van der Waals surface area contributed by atoms with Gasteiger partial charge in [0.15, 0.2) is 0 Å². The lowest BCUT2D eigenvalue weighted by atomic mass is 9.86. The maximum absolute atomic E-state index is 13.1. The fourth-order valence-corrected chi connectivity index (χ4v) is 3.95. The monoisotopic (exact) mass is 568 g/mol. The van der Waals surface area contributed by atoms with Crippen LogP contribution in [-0.4, -0.2) is 65.4 Å². The van der Waals surface area contributed by atoms with Crippen LogP contribution in [0.4, 0.5) is 0 Å². The molecule has 0 unspecified atom stereocenters. The van der Waals surface area contributed by atoms with Crippen molar-refractivity contribution in [2.75, 3.05) is 6.54 Å². The Morgan fingerprint density at radius 3 is 1.95 bits per heavy atom. The molecule has 0 radical (unpaired) electrons. The molecular formula is C29H40N6O6. The van der Waals surface area contributed by atoms with Gasteiger partial charge in [-0.2, -0.15) is 0 Å². The lowest BCUT2D eigenvalue weighted by molar-refractivity contribution is -0.133. The summed E-state index contributed by atoms with van der Waals surface area (Å²) in [6, 6.07) is 11.3. The number of rotatable bonds is 13. The highest BCUT2D eigenvalue weighted by atomic mass is 16.3. The maximum atomic E-state index is 13.1. The summed E-state index contributed by atoms with van der Waals surface area (Å²) in [5.74, 6) is -3.06. The molecule has 0 fully saturated rings. The zero-order valence-corrected chi connectivity index (χ0v) is 23.8. The Hall–Kier alpha value is -4.45. The zero-order chi connectivity index (χ0) is 30.7. The van der Waals surface area contributed by atoms with E-state index in [9.17, 15) is 29.1 Å². The molecule has 0 spiro atoms. The van der Waals surface area contributed by atoms with Crippen LogP contribution in [0.1, 0.15) is 38.8 Å². The lowest BCUT2D eigenvalue weighted by Crippen LogP contribution is -2.58. The molecule has 41 heavy (non-hydrogen) atoms. The van der Waals surface area contributed by atoms with Crippen molar-refractivity contribution >= 4 is 29.5 Å². The second-order valence-electron chi connectivity index (χ2n) is 10.9. The predicted octanol–water partition coefficient (Wildman–Crippen LogP) is -0.373. The molecule has 0 saturated heterocycles. The average Bonchev–Trinajstić information content (AvgIpc) is 2.90. The number of hydrogen-bond donors (Lipinski definition) is 7. The van der Waals surface area contributed by atoms with E-state index in [1.165, 1.54) is 19.1 Å². The van der Waals surface area contributed by atoms with Crippen LogP contribution >= 0.6 is 0 Å². The molecule has 2 rings (SSSR count). The Balaban J connectivity index is 1.96. The van der Waals surface area contributed by atoms with Gasteiger partial charge < -0.3 is 37.8 Å². The van der Waals surface area contributed by atoms with E-state index in [1.54, 1.807) is 57.2 Å². The van der Waals surface area contributed by atoms with Gasteiger partial charge in [0.2, 0.25) is 29.5 Å². The first-order chi connectivity index (χ1) is 19.2. The standard InChI is InChI=1S/C29H40N6O6/c1-17(33-27(40)21(30)14-19-10-12-20(36)13-11-19)26(39)32-16-23(37)34-22(15-18-8-6-5-7-9-18)28(41)35-24(25(31)38)29(2,3)4/h5-13,17,21-22,24,36H,14-16,30H2,1-4H3,(H2,31,38)(H,32,39)(H,33,40)(H,34,37)(H,35,41)/t17-,21-,22-,24+/m0/s1. The SMILES string of the molecule is C[C@H](NC(=O)[C@@H](N)Cc1ccc(O)cc1)C(=O)NCC(=O)N[C@@H](Cc1ccccc1)C(=O)N[C@H](C(N)=O)C(C)(C)C. The van der Waals surface area contributed by atoms with E-state index < -0.39 is 65.7 Å². The summed E-state index contributed by atoms with van der Waals surface area (Å²) in [6.45, 7) is 6.24. The van der Waals surface area contributed by atoms with Gasteiger partial charge in [-0.05, 0) is 42.0 Å². The van der Waals surface area contributed by atoms with Gasteiger partial charge in [-0.1, -0.05) is 63.2 Å². The Morgan fingerprint density at radius 1 is 0.805 bits per heavy atom. The number of aromatic hydroxyl groups is 1.